The molecule has 44 valence electrons. The molecule has 0 fully saturated rings. The van der Waals surface area contributed by atoms with Crippen molar-refractivity contribution in [2.24, 2.45) is 0 Å². The zero-order valence-electron chi connectivity index (χ0n) is 5.06. The summed E-state index contributed by atoms with van der Waals surface area (Å²) in [7, 11) is 1.66. The van der Waals surface area contributed by atoms with Crippen molar-refractivity contribution in [2.75, 3.05) is 7.11 Å². The number of aryl methyl sites for hydroxylation is 1. The third-order valence-corrected chi connectivity index (χ3v) is 1.12. The maximum atomic E-state index is 4.95. The minimum atomic E-state index is 0.921. The number of ether oxygens (including phenoxy) is 1. The Hall–Kier alpha value is -0.920. The van der Waals surface area contributed by atoms with E-state index in [4.69, 9.17) is 4.74 Å². The molecule has 0 saturated heterocycles. The molecule has 0 amide bonds. The molecule has 0 aliphatic heterocycles. The zero-order chi connectivity index (χ0) is 5.98. The van der Waals surface area contributed by atoms with E-state index in [9.17, 15) is 0 Å². The Morgan fingerprint density at radius 2 is 2.38 bits per heavy atom. The van der Waals surface area contributed by atoms with Gasteiger partial charge < -0.3 is 9.72 Å². The Balaban J connectivity index is 2.92. The standard InChI is InChI=1S/C6H9NO/c1-5-6(8-2)3-4-7-5/h3-4,7H,1-2H3. The summed E-state index contributed by atoms with van der Waals surface area (Å²) in [6.07, 6.45) is 1.86. The van der Waals surface area contributed by atoms with Crippen molar-refractivity contribution in [1.29, 1.82) is 0 Å². The van der Waals surface area contributed by atoms with Crippen molar-refractivity contribution in [3.63, 3.8) is 0 Å². The lowest BCUT2D eigenvalue weighted by Crippen LogP contribution is -1.80. The van der Waals surface area contributed by atoms with E-state index in [-0.39, 0.29) is 0 Å². The van der Waals surface area contributed by atoms with Gasteiger partial charge in [0.05, 0.1) is 12.8 Å². The number of hydrogen-bond acceptors (Lipinski definition) is 1. The van der Waals surface area contributed by atoms with Crippen LogP contribution < -0.4 is 4.74 Å². The molecule has 0 aliphatic carbocycles. The molecule has 1 aromatic heterocycles. The van der Waals surface area contributed by atoms with E-state index in [2.05, 4.69) is 4.98 Å². The summed E-state index contributed by atoms with van der Waals surface area (Å²) in [5, 5.41) is 0. The molecule has 0 unspecified atom stereocenters. The number of hydrogen-bond donors (Lipinski definition) is 1. The van der Waals surface area contributed by atoms with Crippen LogP contribution in [0.3, 0.4) is 0 Å². The number of nitrogens with one attached hydrogen (secondary N) is 1. The first kappa shape index (κ1) is 5.22. The van der Waals surface area contributed by atoms with E-state index >= 15 is 0 Å². The highest BCUT2D eigenvalue weighted by Crippen LogP contribution is 2.12. The van der Waals surface area contributed by atoms with Crippen LogP contribution in [0.25, 0.3) is 0 Å². The van der Waals surface area contributed by atoms with Crippen molar-refractivity contribution in [2.45, 2.75) is 6.92 Å². The Bertz CT molecular complexity index is 169. The molecule has 0 aliphatic rings. The minimum Gasteiger partial charge on any atom is -0.495 e. The highest BCUT2D eigenvalue weighted by Gasteiger charge is 1.92. The van der Waals surface area contributed by atoms with Gasteiger partial charge in [-0.1, -0.05) is 0 Å². The van der Waals surface area contributed by atoms with E-state index in [1.807, 2.05) is 19.2 Å². The monoisotopic (exact) mass is 111 g/mol. The highest BCUT2D eigenvalue weighted by atomic mass is 16.5. The van der Waals surface area contributed by atoms with Gasteiger partial charge in [-0.05, 0) is 13.0 Å². The summed E-state index contributed by atoms with van der Waals surface area (Å²) in [6, 6.07) is 1.90. The van der Waals surface area contributed by atoms with Gasteiger partial charge in [-0.2, -0.15) is 0 Å². The quantitative estimate of drug-likeness (QED) is 0.581. The number of aromatic amines is 1. The van der Waals surface area contributed by atoms with Gasteiger partial charge in [0.1, 0.15) is 5.75 Å². The summed E-state index contributed by atoms with van der Waals surface area (Å²) < 4.78 is 4.95. The third-order valence-electron chi connectivity index (χ3n) is 1.12. The summed E-state index contributed by atoms with van der Waals surface area (Å²) in [4.78, 5) is 2.99. The van der Waals surface area contributed by atoms with Crippen LogP contribution in [0, 0.1) is 6.92 Å². The molecule has 1 heterocycles. The first-order chi connectivity index (χ1) is 3.84. The summed E-state index contributed by atoms with van der Waals surface area (Å²) >= 11 is 0. The molecule has 0 saturated carbocycles. The molecule has 0 spiro atoms. The van der Waals surface area contributed by atoms with Gasteiger partial charge >= 0.3 is 0 Å². The van der Waals surface area contributed by atoms with Gasteiger partial charge in [0.25, 0.3) is 0 Å². The van der Waals surface area contributed by atoms with E-state index < -0.39 is 0 Å². The lowest BCUT2D eigenvalue weighted by Gasteiger charge is -1.93. The van der Waals surface area contributed by atoms with Crippen LogP contribution >= 0.6 is 0 Å². The van der Waals surface area contributed by atoms with Gasteiger partial charge in [0.15, 0.2) is 0 Å². The first-order valence-electron chi connectivity index (χ1n) is 2.52. The third kappa shape index (κ3) is 0.689. The normalized spacial score (nSPS) is 9.25. The average Bonchev–Trinajstić information content (AvgIpc) is 2.14. The zero-order valence-corrected chi connectivity index (χ0v) is 5.06. The van der Waals surface area contributed by atoms with E-state index in [1.54, 1.807) is 7.11 Å². The Morgan fingerprint density at radius 1 is 1.62 bits per heavy atom. The fraction of sp³-hybridized carbons (Fsp3) is 0.333. The molecule has 2 nitrogen and oxygen atoms in total. The van der Waals surface area contributed by atoms with Gasteiger partial charge in [0, 0.05) is 6.20 Å². The predicted molar refractivity (Wildman–Crippen MR) is 32.1 cm³/mol. The molecule has 2 heteroatoms. The molecule has 0 atom stereocenters. The second-order valence-corrected chi connectivity index (χ2v) is 1.67. The lowest BCUT2D eigenvalue weighted by molar-refractivity contribution is 0.412. The highest BCUT2D eigenvalue weighted by molar-refractivity contribution is 5.25. The molecular formula is C6H9NO. The van der Waals surface area contributed by atoms with Crippen molar-refractivity contribution in [1.82, 2.24) is 4.98 Å². The van der Waals surface area contributed by atoms with E-state index in [0.717, 1.165) is 11.4 Å². The maximum Gasteiger partial charge on any atom is 0.139 e. The van der Waals surface area contributed by atoms with Crippen LogP contribution in [-0.2, 0) is 0 Å². The first-order valence-corrected chi connectivity index (χ1v) is 2.52. The largest absolute Gasteiger partial charge is 0.495 e. The van der Waals surface area contributed by atoms with Crippen molar-refractivity contribution in [3.8, 4) is 5.75 Å². The van der Waals surface area contributed by atoms with E-state index in [0.29, 0.717) is 0 Å². The minimum absolute atomic E-state index is 0.921. The maximum absolute atomic E-state index is 4.95. The Morgan fingerprint density at radius 3 is 2.62 bits per heavy atom. The number of aromatic nitrogens is 1. The number of methoxy groups -OCH3 is 1. The Labute approximate surface area is 48.5 Å². The second kappa shape index (κ2) is 1.90. The summed E-state index contributed by atoms with van der Waals surface area (Å²) in [6.45, 7) is 1.97. The molecule has 1 aromatic rings. The fourth-order valence-corrected chi connectivity index (χ4v) is 0.660. The van der Waals surface area contributed by atoms with Gasteiger partial charge in [-0.15, -0.1) is 0 Å². The second-order valence-electron chi connectivity index (χ2n) is 1.67. The van der Waals surface area contributed by atoms with Crippen LogP contribution in [0.5, 0.6) is 5.75 Å². The van der Waals surface area contributed by atoms with Crippen molar-refractivity contribution >= 4 is 0 Å². The lowest BCUT2D eigenvalue weighted by atomic mass is 10.4. The number of H-pyrrole nitrogens is 1. The van der Waals surface area contributed by atoms with Gasteiger partial charge in [-0.25, -0.2) is 0 Å². The Kier molecular flexibility index (Phi) is 1.24. The van der Waals surface area contributed by atoms with Gasteiger partial charge in [0.2, 0.25) is 0 Å². The van der Waals surface area contributed by atoms with Crippen LogP contribution in [0.1, 0.15) is 5.69 Å². The van der Waals surface area contributed by atoms with Gasteiger partial charge in [-0.3, -0.25) is 0 Å². The van der Waals surface area contributed by atoms with Crippen LogP contribution in [0.15, 0.2) is 12.3 Å². The molecule has 1 rings (SSSR count). The van der Waals surface area contributed by atoms with Crippen LogP contribution in [0.2, 0.25) is 0 Å². The van der Waals surface area contributed by atoms with E-state index in [1.165, 1.54) is 0 Å². The topological polar surface area (TPSA) is 25.0 Å². The smallest absolute Gasteiger partial charge is 0.139 e. The molecule has 1 N–H and O–H groups in total. The SMILES string of the molecule is COc1cc[nH]c1C. The molecule has 0 aromatic carbocycles. The summed E-state index contributed by atoms with van der Waals surface area (Å²) in [5.74, 6) is 0.921. The molecular weight excluding hydrogens is 102 g/mol. The predicted octanol–water partition coefficient (Wildman–Crippen LogP) is 1.33. The molecule has 0 bridgehead atoms. The molecule has 8 heavy (non-hydrogen) atoms. The summed E-state index contributed by atoms with van der Waals surface area (Å²) in [5.41, 5.74) is 1.08. The fourth-order valence-electron chi connectivity index (χ4n) is 0.660. The molecule has 0 radical (unpaired) electrons. The average molecular weight is 111 g/mol. The van der Waals surface area contributed by atoms with Crippen LogP contribution in [-0.4, -0.2) is 12.1 Å². The van der Waals surface area contributed by atoms with Crippen LogP contribution in [0.4, 0.5) is 0 Å². The van der Waals surface area contributed by atoms with Crippen molar-refractivity contribution < 1.29 is 4.74 Å². The number of rotatable bonds is 1. The van der Waals surface area contributed by atoms with Crippen molar-refractivity contribution in [3.05, 3.63) is 18.0 Å².